The Bertz CT molecular complexity index is 933. The van der Waals surface area contributed by atoms with E-state index in [4.69, 9.17) is 22.1 Å². The van der Waals surface area contributed by atoms with Crippen LogP contribution in [0.15, 0.2) is 54.2 Å². The molecule has 0 fully saturated rings. The van der Waals surface area contributed by atoms with E-state index in [2.05, 4.69) is 5.32 Å². The Morgan fingerprint density at radius 1 is 1.26 bits per heavy atom. The number of imide groups is 1. The number of hydrogen-bond donors (Lipinski definition) is 2. The fourth-order valence-electron chi connectivity index (χ4n) is 2.24. The minimum Gasteiger partial charge on any atom is -0.495 e. The molecule has 0 aliphatic rings. The average Bonchev–Trinajstić information content (AvgIpc) is 2.64. The monoisotopic (exact) mass is 384 g/mol. The van der Waals surface area contributed by atoms with Gasteiger partial charge in [0, 0.05) is 24.5 Å². The van der Waals surface area contributed by atoms with Crippen molar-refractivity contribution < 1.29 is 14.3 Å². The highest BCUT2D eigenvalue weighted by Crippen LogP contribution is 2.27. The molecule has 8 heteroatoms. The number of nitrogen functional groups attached to an aromatic ring is 1. The van der Waals surface area contributed by atoms with Crippen molar-refractivity contribution >= 4 is 40.5 Å². The van der Waals surface area contributed by atoms with Crippen molar-refractivity contribution in [2.24, 2.45) is 0 Å². The number of nitrogens with zero attached hydrogens (tertiary/aromatic N) is 2. The average molecular weight is 385 g/mol. The number of nitrogens with one attached hydrogen (secondary N) is 1. The summed E-state index contributed by atoms with van der Waals surface area (Å²) in [6.07, 6.45) is 1.22. The van der Waals surface area contributed by atoms with Crippen molar-refractivity contribution in [3.63, 3.8) is 0 Å². The molecule has 7 nitrogen and oxygen atoms in total. The van der Waals surface area contributed by atoms with Crippen LogP contribution >= 0.6 is 11.6 Å². The first kappa shape index (κ1) is 19.8. The first-order valence-electron chi connectivity index (χ1n) is 7.78. The molecule has 0 unspecified atom stereocenters. The number of ether oxygens (including phenoxy) is 1. The van der Waals surface area contributed by atoms with E-state index in [-0.39, 0.29) is 5.57 Å². The second-order valence-corrected chi connectivity index (χ2v) is 5.82. The van der Waals surface area contributed by atoms with Gasteiger partial charge in [0.2, 0.25) is 5.91 Å². The van der Waals surface area contributed by atoms with Gasteiger partial charge in [-0.3, -0.25) is 9.59 Å². The third-order valence-corrected chi connectivity index (χ3v) is 3.85. The third-order valence-electron chi connectivity index (χ3n) is 3.56. The van der Waals surface area contributed by atoms with Gasteiger partial charge in [-0.15, -0.1) is 0 Å². The highest BCUT2D eigenvalue weighted by molar-refractivity contribution is 6.32. The predicted octanol–water partition coefficient (Wildman–Crippen LogP) is 3.33. The maximum Gasteiger partial charge on any atom is 0.277 e. The molecule has 0 aliphatic heterocycles. The summed E-state index contributed by atoms with van der Waals surface area (Å²) in [4.78, 5) is 25.6. The summed E-state index contributed by atoms with van der Waals surface area (Å²) >= 11 is 6.05. The lowest BCUT2D eigenvalue weighted by molar-refractivity contribution is -0.123. The van der Waals surface area contributed by atoms with E-state index >= 15 is 0 Å². The van der Waals surface area contributed by atoms with Crippen LogP contribution in [0.5, 0.6) is 5.75 Å². The molecule has 0 heterocycles. The summed E-state index contributed by atoms with van der Waals surface area (Å²) in [6.45, 7) is 1.24. The zero-order valence-electron chi connectivity index (χ0n) is 14.7. The van der Waals surface area contributed by atoms with Gasteiger partial charge in [0.25, 0.3) is 5.91 Å². The Balaban J connectivity index is 2.28. The Hall–Kier alpha value is -3.50. The van der Waals surface area contributed by atoms with Gasteiger partial charge < -0.3 is 15.8 Å². The minimum absolute atomic E-state index is 0.256. The molecule has 0 aromatic heterocycles. The maximum absolute atomic E-state index is 12.7. The number of carbonyl (C=O) groups excluding carboxylic acids is 2. The van der Waals surface area contributed by atoms with Gasteiger partial charge in [0.1, 0.15) is 17.4 Å². The zero-order chi connectivity index (χ0) is 20.0. The number of benzene rings is 2. The number of rotatable bonds is 5. The number of methoxy groups -OCH3 is 1. The lowest BCUT2D eigenvalue weighted by atomic mass is 10.2. The van der Waals surface area contributed by atoms with Gasteiger partial charge in [-0.25, -0.2) is 4.90 Å². The molecule has 0 radical (unpaired) electrons. The van der Waals surface area contributed by atoms with Gasteiger partial charge >= 0.3 is 0 Å². The van der Waals surface area contributed by atoms with E-state index in [0.29, 0.717) is 27.8 Å². The highest BCUT2D eigenvalue weighted by atomic mass is 35.5. The molecule has 0 saturated carbocycles. The Morgan fingerprint density at radius 2 is 1.93 bits per heavy atom. The van der Waals surface area contributed by atoms with E-state index in [9.17, 15) is 14.9 Å². The van der Waals surface area contributed by atoms with Crippen LogP contribution in [0.2, 0.25) is 5.02 Å². The summed E-state index contributed by atoms with van der Waals surface area (Å²) in [7, 11) is 1.49. The third kappa shape index (κ3) is 4.77. The summed E-state index contributed by atoms with van der Waals surface area (Å²) in [6, 6.07) is 12.9. The smallest absolute Gasteiger partial charge is 0.277 e. The number of carbonyl (C=O) groups is 2. The summed E-state index contributed by atoms with van der Waals surface area (Å²) in [5.74, 6) is -0.797. The number of halogens is 1. The van der Waals surface area contributed by atoms with Crippen molar-refractivity contribution in [1.29, 1.82) is 5.26 Å². The number of amides is 2. The van der Waals surface area contributed by atoms with E-state index in [1.807, 2.05) is 0 Å². The molecule has 2 rings (SSSR count). The number of anilines is 3. The lowest BCUT2D eigenvalue weighted by Gasteiger charge is -2.19. The Kier molecular flexibility index (Phi) is 6.41. The molecule has 0 aliphatic carbocycles. The van der Waals surface area contributed by atoms with Crippen LogP contribution < -0.4 is 20.7 Å². The molecular weight excluding hydrogens is 368 g/mol. The van der Waals surface area contributed by atoms with Crippen LogP contribution in [0, 0.1) is 11.3 Å². The van der Waals surface area contributed by atoms with Crippen molar-refractivity contribution in [2.75, 3.05) is 23.1 Å². The second kappa shape index (κ2) is 8.74. The molecule has 0 saturated heterocycles. The molecule has 0 atom stereocenters. The fourth-order valence-corrected chi connectivity index (χ4v) is 2.50. The SMILES string of the molecule is COc1ccc(N/C=C(/C#N)C(=O)N(C(C)=O)c2ccc(N)cc2)cc1Cl. The van der Waals surface area contributed by atoms with E-state index in [0.717, 1.165) is 4.90 Å². The normalized spacial score (nSPS) is 10.7. The molecular formula is C19H17ClN4O3. The van der Waals surface area contributed by atoms with Gasteiger partial charge in [-0.1, -0.05) is 11.6 Å². The predicted molar refractivity (Wildman–Crippen MR) is 104 cm³/mol. The minimum atomic E-state index is -0.762. The van der Waals surface area contributed by atoms with E-state index in [1.165, 1.54) is 32.4 Å². The molecule has 0 bridgehead atoms. The molecule has 3 N–H and O–H groups in total. The zero-order valence-corrected chi connectivity index (χ0v) is 15.4. The van der Waals surface area contributed by atoms with Crippen LogP contribution in [-0.2, 0) is 9.59 Å². The van der Waals surface area contributed by atoms with Crippen molar-refractivity contribution in [1.82, 2.24) is 0 Å². The van der Waals surface area contributed by atoms with Gasteiger partial charge in [-0.05, 0) is 42.5 Å². The van der Waals surface area contributed by atoms with Crippen molar-refractivity contribution in [3.8, 4) is 11.8 Å². The summed E-state index contributed by atoms with van der Waals surface area (Å²) in [5, 5.41) is 12.5. The Labute approximate surface area is 161 Å². The summed E-state index contributed by atoms with van der Waals surface area (Å²) < 4.78 is 5.07. The van der Waals surface area contributed by atoms with Crippen LogP contribution in [0.25, 0.3) is 0 Å². The number of nitriles is 1. The van der Waals surface area contributed by atoms with Gasteiger partial charge in [0.05, 0.1) is 17.8 Å². The topological polar surface area (TPSA) is 108 Å². The molecule has 2 aromatic carbocycles. The van der Waals surface area contributed by atoms with Crippen LogP contribution in [0.4, 0.5) is 17.1 Å². The van der Waals surface area contributed by atoms with E-state index < -0.39 is 11.8 Å². The lowest BCUT2D eigenvalue weighted by Crippen LogP contribution is -2.36. The van der Waals surface area contributed by atoms with Gasteiger partial charge in [-0.2, -0.15) is 5.26 Å². The molecule has 138 valence electrons. The first-order valence-corrected chi connectivity index (χ1v) is 8.16. The van der Waals surface area contributed by atoms with Crippen molar-refractivity contribution in [3.05, 3.63) is 59.3 Å². The summed E-state index contributed by atoms with van der Waals surface area (Å²) in [5.41, 5.74) is 6.72. The number of hydrogen-bond acceptors (Lipinski definition) is 6. The molecule has 0 spiro atoms. The standard InChI is InChI=1S/C19H17ClN4O3/c1-12(25)24(16-6-3-14(22)4-7-16)19(26)13(10-21)11-23-15-5-8-18(27-2)17(20)9-15/h3-9,11,23H,22H2,1-2H3/b13-11-. The van der Waals surface area contributed by atoms with Crippen molar-refractivity contribution in [2.45, 2.75) is 6.92 Å². The van der Waals surface area contributed by atoms with Crippen LogP contribution in [0.1, 0.15) is 6.92 Å². The largest absolute Gasteiger partial charge is 0.495 e. The van der Waals surface area contributed by atoms with E-state index in [1.54, 1.807) is 36.4 Å². The molecule has 2 aromatic rings. The Morgan fingerprint density at radius 3 is 2.44 bits per heavy atom. The van der Waals surface area contributed by atoms with Crippen LogP contribution in [-0.4, -0.2) is 18.9 Å². The van der Waals surface area contributed by atoms with Crippen LogP contribution in [0.3, 0.4) is 0 Å². The quantitative estimate of drug-likeness (QED) is 0.465. The highest BCUT2D eigenvalue weighted by Gasteiger charge is 2.23. The second-order valence-electron chi connectivity index (χ2n) is 5.41. The molecule has 2 amide bonds. The van der Waals surface area contributed by atoms with Gasteiger partial charge in [0.15, 0.2) is 0 Å². The fraction of sp³-hybridized carbons (Fsp3) is 0.105. The maximum atomic E-state index is 12.7. The number of nitrogens with two attached hydrogens (primary N) is 1. The molecule has 27 heavy (non-hydrogen) atoms. The first-order chi connectivity index (χ1) is 12.9.